The number of fused-ring (bicyclic) bond motifs is 1. The highest BCUT2D eigenvalue weighted by Gasteiger charge is 2.23. The van der Waals surface area contributed by atoms with E-state index in [0.717, 1.165) is 46.6 Å². The maximum atomic E-state index is 12.3. The number of benzene rings is 1. The Kier molecular flexibility index (Phi) is 5.42. The third kappa shape index (κ3) is 4.19. The maximum absolute atomic E-state index is 12.3. The molecule has 1 saturated heterocycles. The number of para-hydroxylation sites is 1. The van der Waals surface area contributed by atoms with Gasteiger partial charge in [-0.2, -0.15) is 0 Å². The summed E-state index contributed by atoms with van der Waals surface area (Å²) >= 11 is 4.83. The molecule has 1 N–H and O–H groups in total. The number of amides is 1. The van der Waals surface area contributed by atoms with Crippen LogP contribution in [0.1, 0.15) is 18.5 Å². The molecule has 0 spiro atoms. The minimum Gasteiger partial charge on any atom is -0.351 e. The summed E-state index contributed by atoms with van der Waals surface area (Å²) in [5.74, 6) is 0.504. The van der Waals surface area contributed by atoms with Crippen LogP contribution in [0.5, 0.6) is 0 Å². The summed E-state index contributed by atoms with van der Waals surface area (Å²) in [4.78, 5) is 23.7. The van der Waals surface area contributed by atoms with E-state index in [2.05, 4.69) is 27.3 Å². The first-order valence-corrected chi connectivity index (χ1v) is 11.3. The number of hydrogen-bond acceptors (Lipinski definition) is 7. The van der Waals surface area contributed by atoms with E-state index in [4.69, 9.17) is 4.98 Å². The molecule has 0 aliphatic carbocycles. The molecule has 0 unspecified atom stereocenters. The second-order valence-corrected chi connectivity index (χ2v) is 9.45. The van der Waals surface area contributed by atoms with Gasteiger partial charge in [0, 0.05) is 30.2 Å². The summed E-state index contributed by atoms with van der Waals surface area (Å²) in [7, 11) is 0. The van der Waals surface area contributed by atoms with E-state index in [1.165, 1.54) is 16.5 Å². The van der Waals surface area contributed by atoms with E-state index in [1.54, 1.807) is 22.7 Å². The number of carbonyl (C=O) groups excluding carboxylic acids is 1. The fourth-order valence-corrected chi connectivity index (χ4v) is 5.72. The quantitative estimate of drug-likeness (QED) is 0.653. The topological polar surface area (TPSA) is 58.1 Å². The van der Waals surface area contributed by atoms with Gasteiger partial charge in [-0.05, 0) is 31.9 Å². The number of carbonyl (C=O) groups is 1. The Morgan fingerprint density at radius 2 is 2.27 bits per heavy atom. The van der Waals surface area contributed by atoms with E-state index < -0.39 is 0 Å². The summed E-state index contributed by atoms with van der Waals surface area (Å²) in [5.41, 5.74) is 2.06. The Bertz CT molecular complexity index is 874. The largest absolute Gasteiger partial charge is 0.351 e. The second-order valence-electron chi connectivity index (χ2n) is 6.36. The summed E-state index contributed by atoms with van der Waals surface area (Å²) in [6.45, 7) is 3.80. The predicted molar refractivity (Wildman–Crippen MR) is 111 cm³/mol. The van der Waals surface area contributed by atoms with Crippen molar-refractivity contribution in [3.05, 3.63) is 35.3 Å². The van der Waals surface area contributed by atoms with Gasteiger partial charge < -0.3 is 10.2 Å². The molecule has 3 aromatic rings. The Morgan fingerprint density at radius 3 is 3.08 bits per heavy atom. The Balaban J connectivity index is 1.33. The normalized spacial score (nSPS) is 17.6. The van der Waals surface area contributed by atoms with E-state index >= 15 is 0 Å². The summed E-state index contributed by atoms with van der Waals surface area (Å²) in [5, 5.41) is 6.25. The fraction of sp³-hybridized carbons (Fsp3) is 0.389. The molecule has 1 amide bonds. The van der Waals surface area contributed by atoms with Crippen LogP contribution in [0, 0.1) is 6.92 Å². The molecule has 0 bridgehead atoms. The zero-order valence-electron chi connectivity index (χ0n) is 14.5. The summed E-state index contributed by atoms with van der Waals surface area (Å²) in [6, 6.07) is 8.41. The lowest BCUT2D eigenvalue weighted by atomic mass is 10.1. The van der Waals surface area contributed by atoms with Crippen molar-refractivity contribution in [2.24, 2.45) is 0 Å². The molecule has 0 saturated carbocycles. The average Bonchev–Trinajstić information content (AvgIpc) is 3.26. The van der Waals surface area contributed by atoms with Crippen molar-refractivity contribution < 1.29 is 4.79 Å². The number of aromatic nitrogens is 2. The lowest BCUT2D eigenvalue weighted by molar-refractivity contribution is -0.119. The van der Waals surface area contributed by atoms with E-state index in [-0.39, 0.29) is 11.9 Å². The van der Waals surface area contributed by atoms with Gasteiger partial charge in [-0.15, -0.1) is 11.3 Å². The zero-order valence-corrected chi connectivity index (χ0v) is 16.9. The van der Waals surface area contributed by atoms with Crippen LogP contribution in [0.4, 0.5) is 5.13 Å². The van der Waals surface area contributed by atoms with Crippen molar-refractivity contribution in [3.63, 3.8) is 0 Å². The molecule has 4 rings (SSSR count). The molecule has 1 fully saturated rings. The van der Waals surface area contributed by atoms with Crippen LogP contribution in [0.15, 0.2) is 34.0 Å². The number of piperidine rings is 1. The first kappa shape index (κ1) is 17.8. The highest BCUT2D eigenvalue weighted by molar-refractivity contribution is 8.01. The molecule has 1 atom stereocenters. The number of hydrogen-bond donors (Lipinski definition) is 1. The van der Waals surface area contributed by atoms with Crippen LogP contribution in [-0.4, -0.2) is 40.8 Å². The third-order valence-corrected chi connectivity index (χ3v) is 7.50. The van der Waals surface area contributed by atoms with Crippen LogP contribution in [-0.2, 0) is 4.79 Å². The van der Waals surface area contributed by atoms with Gasteiger partial charge in [0.05, 0.1) is 16.0 Å². The van der Waals surface area contributed by atoms with Gasteiger partial charge in [0.25, 0.3) is 0 Å². The van der Waals surface area contributed by atoms with Gasteiger partial charge in [-0.25, -0.2) is 9.97 Å². The Morgan fingerprint density at radius 1 is 1.38 bits per heavy atom. The van der Waals surface area contributed by atoms with Gasteiger partial charge >= 0.3 is 0 Å². The van der Waals surface area contributed by atoms with Crippen LogP contribution >= 0.6 is 34.4 Å². The summed E-state index contributed by atoms with van der Waals surface area (Å²) < 4.78 is 2.17. The van der Waals surface area contributed by atoms with Gasteiger partial charge in [0.1, 0.15) is 0 Å². The van der Waals surface area contributed by atoms with Crippen molar-refractivity contribution >= 4 is 55.7 Å². The molecule has 8 heteroatoms. The fourth-order valence-electron chi connectivity index (χ4n) is 3.06. The van der Waals surface area contributed by atoms with Crippen LogP contribution in [0.25, 0.3) is 10.2 Å². The Labute approximate surface area is 164 Å². The highest BCUT2D eigenvalue weighted by Crippen LogP contribution is 2.30. The maximum Gasteiger partial charge on any atom is 0.230 e. The summed E-state index contributed by atoms with van der Waals surface area (Å²) in [6.07, 6.45) is 2.09. The highest BCUT2D eigenvalue weighted by atomic mass is 32.2. The van der Waals surface area contributed by atoms with Crippen LogP contribution in [0.3, 0.4) is 0 Å². The molecule has 3 heterocycles. The zero-order chi connectivity index (χ0) is 17.9. The number of aryl methyl sites for hydroxylation is 1. The predicted octanol–water partition coefficient (Wildman–Crippen LogP) is 3.94. The molecular formula is C18H20N4OS3. The number of rotatable bonds is 5. The van der Waals surface area contributed by atoms with Crippen molar-refractivity contribution in [1.29, 1.82) is 0 Å². The van der Waals surface area contributed by atoms with Gasteiger partial charge in [-0.1, -0.05) is 35.2 Å². The number of nitrogens with one attached hydrogen (secondary N) is 1. The van der Waals surface area contributed by atoms with Crippen molar-refractivity contribution in [1.82, 2.24) is 15.3 Å². The molecule has 2 aromatic heterocycles. The number of thiazole rings is 2. The minimum absolute atomic E-state index is 0.0824. The second kappa shape index (κ2) is 7.94. The lowest BCUT2D eigenvalue weighted by Crippen LogP contribution is -2.48. The van der Waals surface area contributed by atoms with E-state index in [0.29, 0.717) is 5.75 Å². The minimum atomic E-state index is 0.0824. The van der Waals surface area contributed by atoms with Crippen LogP contribution in [0.2, 0.25) is 0 Å². The van der Waals surface area contributed by atoms with Crippen molar-refractivity contribution in [2.45, 2.75) is 30.1 Å². The molecule has 1 aliphatic rings. The first-order chi connectivity index (χ1) is 12.7. The molecule has 0 radical (unpaired) electrons. The smallest absolute Gasteiger partial charge is 0.230 e. The number of anilines is 1. The molecule has 1 aliphatic heterocycles. The molecule has 1 aromatic carbocycles. The van der Waals surface area contributed by atoms with Crippen LogP contribution < -0.4 is 10.2 Å². The number of nitrogens with zero attached hydrogens (tertiary/aromatic N) is 3. The molecule has 136 valence electrons. The molecular weight excluding hydrogens is 384 g/mol. The van der Waals surface area contributed by atoms with Gasteiger partial charge in [0.2, 0.25) is 5.91 Å². The van der Waals surface area contributed by atoms with Gasteiger partial charge in [-0.3, -0.25) is 4.79 Å². The SMILES string of the molecule is Cc1csc(SCC(=O)N[C@@H]2CCCN(c3nc4ccccc4s3)C2)n1. The molecule has 5 nitrogen and oxygen atoms in total. The van der Waals surface area contributed by atoms with E-state index in [9.17, 15) is 4.79 Å². The standard InChI is InChI=1S/C18H20N4OS3/c1-12-10-24-18(19-12)25-11-16(23)20-13-5-4-8-22(9-13)17-21-14-6-2-3-7-15(14)26-17/h2-3,6-7,10,13H,4-5,8-9,11H2,1H3,(H,20,23)/t13-/m1/s1. The van der Waals surface area contributed by atoms with E-state index in [1.807, 2.05) is 24.4 Å². The average molecular weight is 405 g/mol. The lowest BCUT2D eigenvalue weighted by Gasteiger charge is -2.32. The number of thioether (sulfide) groups is 1. The molecule has 26 heavy (non-hydrogen) atoms. The van der Waals surface area contributed by atoms with Crippen molar-refractivity contribution in [2.75, 3.05) is 23.7 Å². The Hall–Kier alpha value is -1.64. The monoisotopic (exact) mass is 404 g/mol. The third-order valence-electron chi connectivity index (χ3n) is 4.26. The van der Waals surface area contributed by atoms with Gasteiger partial charge in [0.15, 0.2) is 9.47 Å². The first-order valence-electron chi connectivity index (χ1n) is 8.62. The van der Waals surface area contributed by atoms with Crippen molar-refractivity contribution in [3.8, 4) is 0 Å².